The van der Waals surface area contributed by atoms with E-state index in [0.717, 1.165) is 61.1 Å². The van der Waals surface area contributed by atoms with E-state index in [1.807, 2.05) is 18.2 Å². The molecule has 2 aliphatic carbocycles. The largest absolute Gasteiger partial charge is 0.376 e. The molecule has 0 spiro atoms. The van der Waals surface area contributed by atoms with E-state index in [1.165, 1.54) is 0 Å². The van der Waals surface area contributed by atoms with Crippen molar-refractivity contribution in [3.8, 4) is 0 Å². The lowest BCUT2D eigenvalue weighted by atomic mass is 9.79. The molecule has 0 bridgehead atoms. The highest BCUT2D eigenvalue weighted by Gasteiger charge is 2.46. The first-order chi connectivity index (χ1) is 14.9. The number of alkyl halides is 2. The molecule has 1 amide bonds. The number of H-pyrrole nitrogens is 1. The van der Waals surface area contributed by atoms with Gasteiger partial charge in [-0.05, 0) is 61.6 Å². The predicted molar refractivity (Wildman–Crippen MR) is 113 cm³/mol. The molecule has 8 heteroatoms. The lowest BCUT2D eigenvalue weighted by Gasteiger charge is -2.34. The summed E-state index contributed by atoms with van der Waals surface area (Å²) in [5, 5.41) is 3.10. The number of ether oxygens (including phenoxy) is 1. The highest BCUT2D eigenvalue weighted by atomic mass is 19.3. The molecular weight excluding hydrogens is 402 g/mol. The molecule has 0 radical (unpaired) electrons. The number of rotatable bonds is 7. The number of fused-ring (bicyclic) bond motifs is 1. The van der Waals surface area contributed by atoms with Crippen LogP contribution in [0, 0.1) is 11.8 Å². The second-order valence-corrected chi connectivity index (χ2v) is 9.55. The van der Waals surface area contributed by atoms with Crippen LogP contribution in [0.3, 0.4) is 0 Å². The van der Waals surface area contributed by atoms with Gasteiger partial charge >= 0.3 is 0 Å². The van der Waals surface area contributed by atoms with Crippen molar-refractivity contribution >= 4 is 16.9 Å². The Labute approximate surface area is 180 Å². The SMILES string of the molecule is N[C@H](c1nc2ccc([C@H](NC(=O)CC3CC(F)(F)C3)C3CC3)cc2[nH]1)C1CCCCO1. The number of nitrogens with two attached hydrogens (primary N) is 1. The van der Waals surface area contributed by atoms with Crippen LogP contribution in [-0.4, -0.2) is 34.5 Å². The van der Waals surface area contributed by atoms with E-state index in [9.17, 15) is 13.6 Å². The number of benzene rings is 1. The van der Waals surface area contributed by atoms with Gasteiger partial charge in [0.1, 0.15) is 5.82 Å². The van der Waals surface area contributed by atoms with Gasteiger partial charge in [-0.25, -0.2) is 13.8 Å². The minimum Gasteiger partial charge on any atom is -0.376 e. The number of aromatic amines is 1. The molecule has 2 heterocycles. The lowest BCUT2D eigenvalue weighted by Crippen LogP contribution is -2.39. The number of carbonyl (C=O) groups excluding carboxylic acids is 1. The Morgan fingerprint density at radius 2 is 2.10 bits per heavy atom. The summed E-state index contributed by atoms with van der Waals surface area (Å²) in [5.74, 6) is -1.83. The second kappa shape index (κ2) is 8.13. The van der Waals surface area contributed by atoms with Crippen molar-refractivity contribution in [3.63, 3.8) is 0 Å². The van der Waals surface area contributed by atoms with E-state index >= 15 is 0 Å². The Balaban J connectivity index is 1.29. The molecule has 31 heavy (non-hydrogen) atoms. The van der Waals surface area contributed by atoms with Gasteiger partial charge in [-0.15, -0.1) is 0 Å². The molecule has 2 saturated carbocycles. The van der Waals surface area contributed by atoms with Crippen LogP contribution in [0.25, 0.3) is 11.0 Å². The third kappa shape index (κ3) is 4.60. The van der Waals surface area contributed by atoms with Crippen LogP contribution in [0.15, 0.2) is 18.2 Å². The van der Waals surface area contributed by atoms with E-state index in [-0.39, 0.29) is 49.3 Å². The molecule has 1 aromatic heterocycles. The number of halogens is 2. The van der Waals surface area contributed by atoms with Gasteiger partial charge in [0, 0.05) is 25.9 Å². The van der Waals surface area contributed by atoms with Crippen LogP contribution in [0.4, 0.5) is 8.78 Å². The van der Waals surface area contributed by atoms with E-state index in [2.05, 4.69) is 15.3 Å². The van der Waals surface area contributed by atoms with Gasteiger partial charge in [-0.2, -0.15) is 0 Å². The standard InChI is InChI=1S/C23H30F2N4O2/c24-23(25)11-13(12-23)9-19(30)29-21(14-4-5-14)15-6-7-16-17(10-15)28-22(27-16)20(26)18-3-1-2-8-31-18/h6-7,10,13-14,18,20-21H,1-5,8-9,11-12,26H2,(H,27,28)(H,29,30)/t18?,20-,21+/m0/s1. The predicted octanol–water partition coefficient (Wildman–Crippen LogP) is 4.13. The van der Waals surface area contributed by atoms with Crippen molar-refractivity contribution in [2.24, 2.45) is 17.6 Å². The average molecular weight is 433 g/mol. The summed E-state index contributed by atoms with van der Waals surface area (Å²) < 4.78 is 32.0. The van der Waals surface area contributed by atoms with Crippen molar-refractivity contribution in [2.75, 3.05) is 6.61 Å². The van der Waals surface area contributed by atoms with Crippen LogP contribution in [0.1, 0.15) is 74.8 Å². The third-order valence-electron chi connectivity index (χ3n) is 6.87. The summed E-state index contributed by atoms with van der Waals surface area (Å²) in [6.07, 6.45) is 5.04. The van der Waals surface area contributed by atoms with Crippen LogP contribution >= 0.6 is 0 Å². The summed E-state index contributed by atoms with van der Waals surface area (Å²) in [4.78, 5) is 20.5. The van der Waals surface area contributed by atoms with E-state index < -0.39 is 5.92 Å². The molecule has 3 atom stereocenters. The third-order valence-corrected chi connectivity index (χ3v) is 6.87. The van der Waals surface area contributed by atoms with E-state index in [0.29, 0.717) is 5.92 Å². The van der Waals surface area contributed by atoms with Crippen LogP contribution < -0.4 is 11.1 Å². The number of hydrogen-bond acceptors (Lipinski definition) is 4. The van der Waals surface area contributed by atoms with Gasteiger partial charge in [0.05, 0.1) is 29.2 Å². The van der Waals surface area contributed by atoms with Crippen molar-refractivity contribution in [1.82, 2.24) is 15.3 Å². The molecule has 1 aliphatic heterocycles. The molecule has 5 rings (SSSR count). The van der Waals surface area contributed by atoms with Gasteiger partial charge in [0.2, 0.25) is 11.8 Å². The maximum Gasteiger partial charge on any atom is 0.248 e. The summed E-state index contributed by atoms with van der Waals surface area (Å²) in [6.45, 7) is 0.740. The molecule has 1 aromatic carbocycles. The highest BCUT2D eigenvalue weighted by Crippen LogP contribution is 2.45. The van der Waals surface area contributed by atoms with Gasteiger partial charge < -0.3 is 20.8 Å². The first kappa shape index (κ1) is 20.8. The first-order valence-corrected chi connectivity index (χ1v) is 11.4. The molecule has 2 aromatic rings. The molecule has 6 nitrogen and oxygen atoms in total. The van der Waals surface area contributed by atoms with Crippen LogP contribution in [0.2, 0.25) is 0 Å². The summed E-state index contributed by atoms with van der Waals surface area (Å²) in [7, 11) is 0. The summed E-state index contributed by atoms with van der Waals surface area (Å²) >= 11 is 0. The number of aromatic nitrogens is 2. The number of carbonyl (C=O) groups is 1. The van der Waals surface area contributed by atoms with Crippen LogP contribution in [-0.2, 0) is 9.53 Å². The van der Waals surface area contributed by atoms with Crippen molar-refractivity contribution in [2.45, 2.75) is 75.5 Å². The highest BCUT2D eigenvalue weighted by molar-refractivity contribution is 5.78. The smallest absolute Gasteiger partial charge is 0.248 e. The molecule has 168 valence electrons. The van der Waals surface area contributed by atoms with Crippen molar-refractivity contribution in [1.29, 1.82) is 0 Å². The fourth-order valence-corrected chi connectivity index (χ4v) is 4.95. The molecule has 3 fully saturated rings. The Morgan fingerprint density at radius 3 is 2.77 bits per heavy atom. The summed E-state index contributed by atoms with van der Waals surface area (Å²) in [6, 6.07) is 5.58. The summed E-state index contributed by atoms with van der Waals surface area (Å²) in [5.41, 5.74) is 9.15. The number of nitrogens with one attached hydrogen (secondary N) is 2. The fourth-order valence-electron chi connectivity index (χ4n) is 4.95. The second-order valence-electron chi connectivity index (χ2n) is 9.55. The molecule has 3 aliphatic rings. The Morgan fingerprint density at radius 1 is 1.29 bits per heavy atom. The Kier molecular flexibility index (Phi) is 5.46. The van der Waals surface area contributed by atoms with Gasteiger partial charge in [-0.3, -0.25) is 4.79 Å². The molecular formula is C23H30F2N4O2. The zero-order valence-electron chi connectivity index (χ0n) is 17.6. The molecule has 1 unspecified atom stereocenters. The maximum atomic E-state index is 13.1. The molecule has 4 N–H and O–H groups in total. The lowest BCUT2D eigenvalue weighted by molar-refractivity contribution is -0.134. The Bertz CT molecular complexity index is 944. The maximum absolute atomic E-state index is 13.1. The normalized spacial score (nSPS) is 25.7. The van der Waals surface area contributed by atoms with E-state index in [1.54, 1.807) is 0 Å². The van der Waals surface area contributed by atoms with Gasteiger partial charge in [-0.1, -0.05) is 6.07 Å². The topological polar surface area (TPSA) is 93.0 Å². The minimum atomic E-state index is -2.59. The van der Waals surface area contributed by atoms with Crippen LogP contribution in [0.5, 0.6) is 0 Å². The fraction of sp³-hybridized carbons (Fsp3) is 0.652. The number of imidazole rings is 1. The average Bonchev–Trinajstić information content (AvgIpc) is 3.48. The van der Waals surface area contributed by atoms with Crippen molar-refractivity contribution in [3.05, 3.63) is 29.6 Å². The van der Waals surface area contributed by atoms with E-state index in [4.69, 9.17) is 10.5 Å². The minimum absolute atomic E-state index is 0.0221. The van der Waals surface area contributed by atoms with Gasteiger partial charge in [0.15, 0.2) is 0 Å². The molecule has 1 saturated heterocycles. The van der Waals surface area contributed by atoms with Gasteiger partial charge in [0.25, 0.3) is 0 Å². The number of nitrogens with zero attached hydrogens (tertiary/aromatic N) is 1. The first-order valence-electron chi connectivity index (χ1n) is 11.4. The number of amides is 1. The zero-order valence-corrected chi connectivity index (χ0v) is 17.6. The monoisotopic (exact) mass is 432 g/mol. The quantitative estimate of drug-likeness (QED) is 0.613. The zero-order chi connectivity index (χ0) is 21.6. The number of hydrogen-bond donors (Lipinski definition) is 3. The van der Waals surface area contributed by atoms with Crippen molar-refractivity contribution < 1.29 is 18.3 Å². The Hall–Kier alpha value is -2.06.